The Labute approximate surface area is 162 Å². The van der Waals surface area contributed by atoms with Gasteiger partial charge in [-0.25, -0.2) is 4.79 Å². The van der Waals surface area contributed by atoms with Crippen molar-refractivity contribution >= 4 is 35.1 Å². The van der Waals surface area contributed by atoms with E-state index in [4.69, 9.17) is 27.9 Å². The second-order valence-electron chi connectivity index (χ2n) is 7.00. The fourth-order valence-corrected chi connectivity index (χ4v) is 4.17. The molecule has 1 aromatic carbocycles. The first-order valence-corrected chi connectivity index (χ1v) is 9.49. The van der Waals surface area contributed by atoms with Gasteiger partial charge in [-0.2, -0.15) is 0 Å². The molecule has 3 atom stereocenters. The summed E-state index contributed by atoms with van der Waals surface area (Å²) in [6.07, 6.45) is 2.49. The van der Waals surface area contributed by atoms with Gasteiger partial charge in [0.15, 0.2) is 0 Å². The predicted octanol–water partition coefficient (Wildman–Crippen LogP) is 3.23. The number of hydrogen-bond donors (Lipinski definition) is 2. The van der Waals surface area contributed by atoms with Crippen LogP contribution in [0.15, 0.2) is 18.2 Å². The number of aliphatic hydroxyl groups is 1. The van der Waals surface area contributed by atoms with Crippen LogP contribution >= 0.6 is 23.2 Å². The minimum atomic E-state index is -1.02. The number of amides is 3. The first kappa shape index (κ1) is 19.3. The van der Waals surface area contributed by atoms with E-state index in [1.54, 1.807) is 12.1 Å². The van der Waals surface area contributed by atoms with E-state index < -0.39 is 17.7 Å². The second-order valence-corrected chi connectivity index (χ2v) is 7.85. The number of hydrogen-bond acceptors (Lipinski definition) is 4. The third-order valence-electron chi connectivity index (χ3n) is 5.22. The Morgan fingerprint density at radius 2 is 2.15 bits per heavy atom. The summed E-state index contributed by atoms with van der Waals surface area (Å²) in [5.41, 5.74) is -0.824. The molecule has 1 aromatic rings. The Morgan fingerprint density at radius 3 is 2.85 bits per heavy atom. The molecule has 142 valence electrons. The van der Waals surface area contributed by atoms with E-state index >= 15 is 0 Å². The largest absolute Gasteiger partial charge is 0.489 e. The Hall–Kier alpha value is -1.50. The number of β-amino-alcohol motifs (C(OH)–C–C–N with tert-alkyl or cyclic N) is 1. The van der Waals surface area contributed by atoms with E-state index in [9.17, 15) is 14.7 Å². The molecule has 0 unspecified atom stereocenters. The zero-order valence-electron chi connectivity index (χ0n) is 14.5. The van der Waals surface area contributed by atoms with E-state index in [0.29, 0.717) is 22.2 Å². The van der Waals surface area contributed by atoms with Gasteiger partial charge in [-0.3, -0.25) is 9.69 Å². The maximum atomic E-state index is 12.9. The minimum absolute atomic E-state index is 0.0824. The van der Waals surface area contributed by atoms with Crippen LogP contribution in [0.5, 0.6) is 5.75 Å². The number of nitrogens with zero attached hydrogens (tertiary/aromatic N) is 1. The summed E-state index contributed by atoms with van der Waals surface area (Å²) in [4.78, 5) is 26.3. The molecular weight excluding hydrogens is 379 g/mol. The molecule has 3 amide bonds. The van der Waals surface area contributed by atoms with E-state index in [0.717, 1.165) is 24.2 Å². The van der Waals surface area contributed by atoms with Gasteiger partial charge in [-0.1, -0.05) is 43.0 Å². The van der Waals surface area contributed by atoms with Crippen molar-refractivity contribution in [2.24, 2.45) is 5.92 Å². The minimum Gasteiger partial charge on any atom is -0.489 e. The Bertz CT molecular complexity index is 714. The zero-order chi connectivity index (χ0) is 18.9. The molecule has 1 saturated heterocycles. The standard InChI is InChI=1S/C18H22Cl2N2O4/c1-11-4-2-3-7-18(11)16(24)22(17(25)21-18)9-13(23)10-26-15-6-5-12(19)8-14(15)20/h5-6,8,11,13,23H,2-4,7,9-10H2,1H3,(H,21,25)/t11-,13-,18+/m1/s1. The number of urea groups is 1. The number of halogens is 2. The molecule has 0 radical (unpaired) electrons. The van der Waals surface area contributed by atoms with Crippen LogP contribution in [0, 0.1) is 5.92 Å². The Kier molecular flexibility index (Phi) is 5.65. The molecule has 0 aromatic heterocycles. The number of aliphatic hydroxyl groups excluding tert-OH is 1. The molecular formula is C18H22Cl2N2O4. The molecule has 6 nitrogen and oxygen atoms in total. The summed E-state index contributed by atoms with van der Waals surface area (Å²) in [5, 5.41) is 13.9. The number of benzene rings is 1. The third-order valence-corrected chi connectivity index (χ3v) is 5.75. The average Bonchev–Trinajstić information content (AvgIpc) is 2.82. The first-order chi connectivity index (χ1) is 12.3. The van der Waals surface area contributed by atoms with Crippen LogP contribution in [0.3, 0.4) is 0 Å². The summed E-state index contributed by atoms with van der Waals surface area (Å²) in [7, 11) is 0. The lowest BCUT2D eigenvalue weighted by molar-refractivity contribution is -0.135. The lowest BCUT2D eigenvalue weighted by Crippen LogP contribution is -2.54. The molecule has 1 heterocycles. The van der Waals surface area contributed by atoms with Crippen LogP contribution in [-0.4, -0.2) is 46.7 Å². The lowest BCUT2D eigenvalue weighted by atomic mass is 9.73. The van der Waals surface area contributed by atoms with Crippen molar-refractivity contribution in [2.45, 2.75) is 44.2 Å². The van der Waals surface area contributed by atoms with Crippen LogP contribution < -0.4 is 10.1 Å². The molecule has 1 aliphatic carbocycles. The van der Waals surface area contributed by atoms with E-state index in [-0.39, 0.29) is 25.0 Å². The maximum Gasteiger partial charge on any atom is 0.325 e. The molecule has 0 bridgehead atoms. The summed E-state index contributed by atoms with van der Waals surface area (Å²) in [5.74, 6) is 0.210. The molecule has 3 rings (SSSR count). The van der Waals surface area contributed by atoms with Gasteiger partial charge in [-0.15, -0.1) is 0 Å². The molecule has 26 heavy (non-hydrogen) atoms. The molecule has 2 N–H and O–H groups in total. The third kappa shape index (κ3) is 3.63. The normalized spacial score (nSPS) is 26.9. The van der Waals surface area contributed by atoms with Gasteiger partial charge in [-0.05, 0) is 37.0 Å². The van der Waals surface area contributed by atoms with Crippen LogP contribution in [0.2, 0.25) is 10.0 Å². The quantitative estimate of drug-likeness (QED) is 0.743. The molecule has 1 spiro atoms. The molecule has 8 heteroatoms. The van der Waals surface area contributed by atoms with Gasteiger partial charge in [0.2, 0.25) is 0 Å². The predicted molar refractivity (Wildman–Crippen MR) is 98.6 cm³/mol. The summed E-state index contributed by atoms with van der Waals surface area (Å²) < 4.78 is 5.48. The first-order valence-electron chi connectivity index (χ1n) is 8.73. The van der Waals surface area contributed by atoms with Gasteiger partial charge in [0.25, 0.3) is 5.91 Å². The monoisotopic (exact) mass is 400 g/mol. The van der Waals surface area contributed by atoms with Crippen molar-refractivity contribution in [3.05, 3.63) is 28.2 Å². The highest BCUT2D eigenvalue weighted by Gasteiger charge is 2.55. The number of rotatable bonds is 5. The van der Waals surface area contributed by atoms with Crippen molar-refractivity contribution < 1.29 is 19.4 Å². The topological polar surface area (TPSA) is 78.9 Å². The smallest absolute Gasteiger partial charge is 0.325 e. The second kappa shape index (κ2) is 7.62. The molecule has 2 aliphatic rings. The van der Waals surface area contributed by atoms with E-state index in [1.165, 1.54) is 6.07 Å². The molecule has 2 fully saturated rings. The van der Waals surface area contributed by atoms with Gasteiger partial charge < -0.3 is 15.2 Å². The number of nitrogens with one attached hydrogen (secondary N) is 1. The van der Waals surface area contributed by atoms with Crippen molar-refractivity contribution in [2.75, 3.05) is 13.2 Å². The van der Waals surface area contributed by atoms with Gasteiger partial charge in [0.05, 0.1) is 11.6 Å². The lowest BCUT2D eigenvalue weighted by Gasteiger charge is -2.36. The maximum absolute atomic E-state index is 12.9. The average molecular weight is 401 g/mol. The number of carbonyl (C=O) groups excluding carboxylic acids is 2. The SMILES string of the molecule is C[C@@H]1CCCC[C@]12NC(=O)N(C[C@@H](O)COc1ccc(Cl)cc1Cl)C2=O. The highest BCUT2D eigenvalue weighted by Crippen LogP contribution is 2.38. The Balaban J connectivity index is 1.61. The summed E-state index contributed by atoms with van der Waals surface area (Å²) >= 11 is 11.9. The fraction of sp³-hybridized carbons (Fsp3) is 0.556. The van der Waals surface area contributed by atoms with Crippen LogP contribution in [-0.2, 0) is 4.79 Å². The van der Waals surface area contributed by atoms with Gasteiger partial charge in [0, 0.05) is 5.02 Å². The van der Waals surface area contributed by atoms with Crippen molar-refractivity contribution in [3.8, 4) is 5.75 Å². The van der Waals surface area contributed by atoms with Crippen LogP contribution in [0.25, 0.3) is 0 Å². The highest BCUT2D eigenvalue weighted by atomic mass is 35.5. The summed E-state index contributed by atoms with van der Waals surface area (Å²) in [6.45, 7) is 1.77. The summed E-state index contributed by atoms with van der Waals surface area (Å²) in [6, 6.07) is 4.31. The fourth-order valence-electron chi connectivity index (χ4n) is 3.70. The van der Waals surface area contributed by atoms with Gasteiger partial charge in [0.1, 0.15) is 24.0 Å². The van der Waals surface area contributed by atoms with Crippen molar-refractivity contribution in [1.29, 1.82) is 0 Å². The van der Waals surface area contributed by atoms with Crippen molar-refractivity contribution in [1.82, 2.24) is 10.2 Å². The van der Waals surface area contributed by atoms with Gasteiger partial charge >= 0.3 is 6.03 Å². The molecule has 1 saturated carbocycles. The zero-order valence-corrected chi connectivity index (χ0v) is 16.0. The number of carbonyl (C=O) groups is 2. The van der Waals surface area contributed by atoms with Crippen LogP contribution in [0.4, 0.5) is 4.79 Å². The highest BCUT2D eigenvalue weighted by molar-refractivity contribution is 6.35. The molecule has 1 aliphatic heterocycles. The number of ether oxygens (including phenoxy) is 1. The van der Waals surface area contributed by atoms with E-state index in [1.807, 2.05) is 6.92 Å². The van der Waals surface area contributed by atoms with Crippen molar-refractivity contribution in [3.63, 3.8) is 0 Å². The van der Waals surface area contributed by atoms with Crippen LogP contribution in [0.1, 0.15) is 32.6 Å². The van der Waals surface area contributed by atoms with E-state index in [2.05, 4.69) is 5.32 Å². The Morgan fingerprint density at radius 1 is 1.38 bits per heavy atom. The number of imide groups is 1.